The molecule has 1 aliphatic rings. The van der Waals surface area contributed by atoms with E-state index in [2.05, 4.69) is 10.3 Å². The number of nitrogens with one attached hydrogen (secondary N) is 1. The number of hydrogen-bond donors (Lipinski definition) is 2. The van der Waals surface area contributed by atoms with Crippen molar-refractivity contribution in [1.82, 2.24) is 9.88 Å². The number of carbonyl (C=O) groups is 2. The molecule has 1 fully saturated rings. The molecule has 3 aromatic rings. The van der Waals surface area contributed by atoms with Crippen LogP contribution in [-0.2, 0) is 16.1 Å². The fourth-order valence-corrected chi connectivity index (χ4v) is 3.71. The second-order valence-electron chi connectivity index (χ2n) is 7.71. The van der Waals surface area contributed by atoms with Gasteiger partial charge in [0.2, 0.25) is 5.91 Å². The molecule has 0 unspecified atom stereocenters. The average Bonchev–Trinajstić information content (AvgIpc) is 2.86. The molecule has 170 valence electrons. The molecule has 1 aliphatic heterocycles. The maximum Gasteiger partial charge on any atom is 0.257 e. The molecule has 0 saturated carbocycles. The quantitative estimate of drug-likeness (QED) is 0.578. The highest BCUT2D eigenvalue weighted by atomic mass is 16.5. The Kier molecular flexibility index (Phi) is 6.97. The van der Waals surface area contributed by atoms with Gasteiger partial charge in [-0.25, -0.2) is 0 Å². The van der Waals surface area contributed by atoms with Gasteiger partial charge in [0.1, 0.15) is 18.5 Å². The Bertz CT molecular complexity index is 1090. The van der Waals surface area contributed by atoms with Crippen LogP contribution in [0.1, 0.15) is 27.6 Å². The van der Waals surface area contributed by atoms with Gasteiger partial charge in [0.15, 0.2) is 0 Å². The molecule has 2 amide bonds. The number of methoxy groups -OCH3 is 1. The summed E-state index contributed by atoms with van der Waals surface area (Å²) in [7, 11) is 1.60. The third-order valence-electron chi connectivity index (χ3n) is 5.55. The number of rotatable bonds is 7. The fourth-order valence-electron chi connectivity index (χ4n) is 3.71. The average molecular weight is 447 g/mol. The van der Waals surface area contributed by atoms with E-state index in [1.807, 2.05) is 24.3 Å². The highest BCUT2D eigenvalue weighted by molar-refractivity contribution is 6.04. The van der Waals surface area contributed by atoms with Gasteiger partial charge in [-0.3, -0.25) is 14.6 Å². The van der Waals surface area contributed by atoms with E-state index < -0.39 is 12.1 Å². The molecule has 2 heterocycles. The van der Waals surface area contributed by atoms with Crippen LogP contribution in [0.2, 0.25) is 0 Å². The minimum atomic E-state index is -0.949. The van der Waals surface area contributed by atoms with Crippen LogP contribution in [0, 0.1) is 0 Å². The molecular weight excluding hydrogens is 422 g/mol. The molecule has 33 heavy (non-hydrogen) atoms. The van der Waals surface area contributed by atoms with Gasteiger partial charge in [0, 0.05) is 24.6 Å². The first-order valence-corrected chi connectivity index (χ1v) is 10.5. The van der Waals surface area contributed by atoms with E-state index in [4.69, 9.17) is 9.47 Å². The highest BCUT2D eigenvalue weighted by Gasteiger charge is 2.34. The van der Waals surface area contributed by atoms with E-state index >= 15 is 0 Å². The lowest BCUT2D eigenvalue weighted by atomic mass is 9.99. The van der Waals surface area contributed by atoms with Gasteiger partial charge >= 0.3 is 0 Å². The topological polar surface area (TPSA) is 101 Å². The second kappa shape index (κ2) is 10.2. The van der Waals surface area contributed by atoms with Gasteiger partial charge < -0.3 is 24.8 Å². The summed E-state index contributed by atoms with van der Waals surface area (Å²) in [5, 5.41) is 13.9. The third-order valence-corrected chi connectivity index (χ3v) is 5.55. The van der Waals surface area contributed by atoms with E-state index in [9.17, 15) is 14.7 Å². The SMILES string of the molecule is COc1ccc(CN2C(=O)COC[C@@H]2[C@H](O)c2ccc(NC(=O)c3cccnc3)cc2)cc1. The van der Waals surface area contributed by atoms with Crippen molar-refractivity contribution in [3.63, 3.8) is 0 Å². The Labute approximate surface area is 191 Å². The van der Waals surface area contributed by atoms with Crippen LogP contribution in [0.15, 0.2) is 73.1 Å². The number of morpholine rings is 1. The van der Waals surface area contributed by atoms with Crippen LogP contribution >= 0.6 is 0 Å². The highest BCUT2D eigenvalue weighted by Crippen LogP contribution is 2.27. The lowest BCUT2D eigenvalue weighted by Gasteiger charge is -2.38. The fraction of sp³-hybridized carbons (Fsp3) is 0.240. The number of benzene rings is 2. The Morgan fingerprint density at radius 1 is 1.21 bits per heavy atom. The van der Waals surface area contributed by atoms with Gasteiger partial charge in [-0.1, -0.05) is 24.3 Å². The smallest absolute Gasteiger partial charge is 0.257 e. The van der Waals surface area contributed by atoms with Gasteiger partial charge in [-0.05, 0) is 47.5 Å². The van der Waals surface area contributed by atoms with Crippen molar-refractivity contribution < 1.29 is 24.2 Å². The number of amides is 2. The summed E-state index contributed by atoms with van der Waals surface area (Å²) < 4.78 is 10.6. The van der Waals surface area contributed by atoms with Crippen molar-refractivity contribution in [2.24, 2.45) is 0 Å². The molecule has 4 rings (SSSR count). The summed E-state index contributed by atoms with van der Waals surface area (Å²) in [6.07, 6.45) is 2.14. The molecule has 0 bridgehead atoms. The molecule has 1 saturated heterocycles. The van der Waals surface area contributed by atoms with Gasteiger partial charge in [-0.2, -0.15) is 0 Å². The van der Waals surface area contributed by atoms with Crippen molar-refractivity contribution >= 4 is 17.5 Å². The van der Waals surface area contributed by atoms with Crippen molar-refractivity contribution in [1.29, 1.82) is 0 Å². The predicted molar refractivity (Wildman–Crippen MR) is 122 cm³/mol. The van der Waals surface area contributed by atoms with Crippen molar-refractivity contribution in [3.8, 4) is 5.75 Å². The molecule has 2 atom stereocenters. The zero-order chi connectivity index (χ0) is 23.2. The molecular formula is C25H25N3O5. The Morgan fingerprint density at radius 2 is 1.97 bits per heavy atom. The first-order valence-electron chi connectivity index (χ1n) is 10.5. The number of pyridine rings is 1. The molecule has 0 aliphatic carbocycles. The number of aliphatic hydroxyl groups is 1. The summed E-state index contributed by atoms with van der Waals surface area (Å²) in [5.74, 6) is 0.286. The summed E-state index contributed by atoms with van der Waals surface area (Å²) in [6.45, 7) is 0.564. The summed E-state index contributed by atoms with van der Waals surface area (Å²) >= 11 is 0. The Morgan fingerprint density at radius 3 is 2.64 bits per heavy atom. The summed E-state index contributed by atoms with van der Waals surface area (Å²) in [5.41, 5.74) is 2.59. The van der Waals surface area contributed by atoms with E-state index in [-0.39, 0.29) is 25.0 Å². The number of aliphatic hydroxyl groups excluding tert-OH is 1. The lowest BCUT2D eigenvalue weighted by molar-refractivity contribution is -0.155. The van der Waals surface area contributed by atoms with Gasteiger partial charge in [-0.15, -0.1) is 0 Å². The van der Waals surface area contributed by atoms with E-state index in [0.717, 1.165) is 11.3 Å². The van der Waals surface area contributed by atoms with Crippen molar-refractivity contribution in [2.75, 3.05) is 25.6 Å². The Balaban J connectivity index is 1.46. The summed E-state index contributed by atoms with van der Waals surface area (Å²) in [4.78, 5) is 30.5. The number of nitrogens with zero attached hydrogens (tertiary/aromatic N) is 2. The van der Waals surface area contributed by atoms with Crippen molar-refractivity contribution in [3.05, 3.63) is 89.7 Å². The zero-order valence-corrected chi connectivity index (χ0v) is 18.2. The molecule has 0 radical (unpaired) electrons. The van der Waals surface area contributed by atoms with Crippen LogP contribution < -0.4 is 10.1 Å². The lowest BCUT2D eigenvalue weighted by Crippen LogP contribution is -2.51. The number of anilines is 1. The molecule has 8 heteroatoms. The normalized spacial score (nSPS) is 16.8. The van der Waals surface area contributed by atoms with Crippen LogP contribution in [0.25, 0.3) is 0 Å². The maximum absolute atomic E-state index is 12.6. The standard InChI is InChI=1S/C25H25N3O5/c1-32-21-10-4-17(5-11-21)14-28-22(15-33-16-23(28)29)24(30)18-6-8-20(9-7-18)27-25(31)19-3-2-12-26-13-19/h2-13,22,24,30H,14-16H2,1H3,(H,27,31)/t22-,24-/m1/s1. The van der Waals surface area contributed by atoms with E-state index in [0.29, 0.717) is 23.4 Å². The van der Waals surface area contributed by atoms with Crippen LogP contribution in [0.3, 0.4) is 0 Å². The van der Waals surface area contributed by atoms with Crippen LogP contribution in [-0.4, -0.2) is 53.2 Å². The predicted octanol–water partition coefficient (Wildman–Crippen LogP) is 2.80. The molecule has 2 N–H and O–H groups in total. The van der Waals surface area contributed by atoms with Crippen LogP contribution in [0.5, 0.6) is 5.75 Å². The molecule has 0 spiro atoms. The van der Waals surface area contributed by atoms with Crippen molar-refractivity contribution in [2.45, 2.75) is 18.7 Å². The first-order chi connectivity index (χ1) is 16.0. The second-order valence-corrected chi connectivity index (χ2v) is 7.71. The van der Waals surface area contributed by atoms with Gasteiger partial charge in [0.25, 0.3) is 5.91 Å². The minimum Gasteiger partial charge on any atom is -0.497 e. The number of carbonyl (C=O) groups excluding carboxylic acids is 2. The first kappa shape index (κ1) is 22.4. The minimum absolute atomic E-state index is 0.0152. The molecule has 2 aromatic carbocycles. The largest absolute Gasteiger partial charge is 0.497 e. The number of aromatic nitrogens is 1. The summed E-state index contributed by atoms with van der Waals surface area (Å²) in [6, 6.07) is 17.2. The zero-order valence-electron chi connectivity index (χ0n) is 18.2. The van der Waals surface area contributed by atoms with Gasteiger partial charge in [0.05, 0.1) is 25.3 Å². The van der Waals surface area contributed by atoms with E-state index in [1.165, 1.54) is 6.20 Å². The molecule has 1 aromatic heterocycles. The number of hydrogen-bond acceptors (Lipinski definition) is 6. The third kappa shape index (κ3) is 5.36. The Hall–Kier alpha value is -3.75. The van der Waals surface area contributed by atoms with E-state index in [1.54, 1.807) is 54.6 Å². The van der Waals surface area contributed by atoms with Crippen LogP contribution in [0.4, 0.5) is 5.69 Å². The maximum atomic E-state index is 12.6. The number of ether oxygens (including phenoxy) is 2. The molecule has 8 nitrogen and oxygen atoms in total. The monoisotopic (exact) mass is 447 g/mol.